The molecule has 0 atom stereocenters. The van der Waals surface area contributed by atoms with Crippen molar-refractivity contribution in [1.82, 2.24) is 4.98 Å². The van der Waals surface area contributed by atoms with Gasteiger partial charge in [0.2, 0.25) is 0 Å². The summed E-state index contributed by atoms with van der Waals surface area (Å²) in [5.74, 6) is 0.180. The molecule has 4 heteroatoms. The number of aromatic nitrogens is 1. The van der Waals surface area contributed by atoms with Gasteiger partial charge in [-0.2, -0.15) is 0 Å². The number of carbonyl (C=O) groups excluding carboxylic acids is 1. The average molecular weight is 253 g/mol. The Morgan fingerprint density at radius 2 is 1.94 bits per heavy atom. The SMILES string of the molecule is CC.CCOC(=O)C(C)(C)Oc1ccc(C)nc1. The first-order valence-electron chi connectivity index (χ1n) is 6.24. The van der Waals surface area contributed by atoms with Crippen molar-refractivity contribution in [3.05, 3.63) is 24.0 Å². The highest BCUT2D eigenvalue weighted by molar-refractivity contribution is 5.79. The van der Waals surface area contributed by atoms with Gasteiger partial charge in [-0.15, -0.1) is 0 Å². The molecule has 0 aliphatic heterocycles. The number of carbonyl (C=O) groups is 1. The Morgan fingerprint density at radius 3 is 2.39 bits per heavy atom. The topological polar surface area (TPSA) is 48.4 Å². The summed E-state index contributed by atoms with van der Waals surface area (Å²) in [6.07, 6.45) is 1.59. The molecule has 1 aromatic heterocycles. The highest BCUT2D eigenvalue weighted by atomic mass is 16.6. The van der Waals surface area contributed by atoms with Crippen LogP contribution in [0.1, 0.15) is 40.3 Å². The molecule has 18 heavy (non-hydrogen) atoms. The molecule has 0 radical (unpaired) electrons. The molecule has 0 saturated carbocycles. The number of ether oxygens (including phenoxy) is 2. The van der Waals surface area contributed by atoms with Crippen molar-refractivity contribution in [3.8, 4) is 5.75 Å². The molecular formula is C14H23NO3. The summed E-state index contributed by atoms with van der Waals surface area (Å²) in [4.78, 5) is 15.7. The molecular weight excluding hydrogens is 230 g/mol. The molecule has 0 aliphatic carbocycles. The van der Waals surface area contributed by atoms with Crippen molar-refractivity contribution >= 4 is 5.97 Å². The van der Waals surface area contributed by atoms with Crippen LogP contribution in [0.5, 0.6) is 5.75 Å². The van der Waals surface area contributed by atoms with Crippen LogP contribution in [-0.4, -0.2) is 23.2 Å². The number of hydrogen-bond donors (Lipinski definition) is 0. The maximum atomic E-state index is 11.6. The summed E-state index contributed by atoms with van der Waals surface area (Å²) in [5, 5.41) is 0. The van der Waals surface area contributed by atoms with Crippen LogP contribution < -0.4 is 4.74 Å². The summed E-state index contributed by atoms with van der Waals surface area (Å²) in [6, 6.07) is 3.61. The molecule has 0 spiro atoms. The Balaban J connectivity index is 0.00000137. The number of nitrogens with zero attached hydrogens (tertiary/aromatic N) is 1. The van der Waals surface area contributed by atoms with E-state index >= 15 is 0 Å². The molecule has 1 rings (SSSR count). The van der Waals surface area contributed by atoms with Gasteiger partial charge < -0.3 is 9.47 Å². The number of pyridine rings is 1. The maximum Gasteiger partial charge on any atom is 0.349 e. The largest absolute Gasteiger partial charge is 0.475 e. The van der Waals surface area contributed by atoms with E-state index in [1.807, 2.05) is 26.8 Å². The lowest BCUT2D eigenvalue weighted by Gasteiger charge is -2.23. The van der Waals surface area contributed by atoms with Gasteiger partial charge in [-0.25, -0.2) is 4.79 Å². The van der Waals surface area contributed by atoms with E-state index < -0.39 is 5.60 Å². The maximum absolute atomic E-state index is 11.6. The van der Waals surface area contributed by atoms with Crippen LogP contribution >= 0.6 is 0 Å². The molecule has 1 aromatic rings. The van der Waals surface area contributed by atoms with Crippen LogP contribution in [0.4, 0.5) is 0 Å². The molecule has 0 amide bonds. The van der Waals surface area contributed by atoms with Crippen LogP contribution in [0.2, 0.25) is 0 Å². The number of aryl methyl sites for hydroxylation is 1. The molecule has 0 bridgehead atoms. The Morgan fingerprint density at radius 1 is 1.33 bits per heavy atom. The first kappa shape index (κ1) is 16.4. The van der Waals surface area contributed by atoms with Crippen molar-refractivity contribution in [3.63, 3.8) is 0 Å². The predicted molar refractivity (Wildman–Crippen MR) is 71.7 cm³/mol. The summed E-state index contributed by atoms with van der Waals surface area (Å²) in [5.41, 5.74) is -0.0891. The fraction of sp³-hybridized carbons (Fsp3) is 0.571. The molecule has 0 fully saturated rings. The van der Waals surface area contributed by atoms with Crippen LogP contribution in [0, 0.1) is 6.92 Å². The van der Waals surface area contributed by atoms with E-state index in [1.165, 1.54) is 0 Å². The van der Waals surface area contributed by atoms with E-state index in [9.17, 15) is 4.79 Å². The Kier molecular flexibility index (Phi) is 7.01. The van der Waals surface area contributed by atoms with E-state index in [0.717, 1.165) is 5.69 Å². The first-order chi connectivity index (χ1) is 8.45. The third kappa shape index (κ3) is 5.17. The van der Waals surface area contributed by atoms with Crippen LogP contribution in [0.3, 0.4) is 0 Å². The van der Waals surface area contributed by atoms with Crippen LogP contribution in [0.15, 0.2) is 18.3 Å². The minimum Gasteiger partial charge on any atom is -0.475 e. The third-order valence-corrected chi connectivity index (χ3v) is 2.02. The molecule has 0 aliphatic rings. The highest BCUT2D eigenvalue weighted by Crippen LogP contribution is 2.18. The van der Waals surface area contributed by atoms with Gasteiger partial charge in [-0.05, 0) is 39.8 Å². The summed E-state index contributed by atoms with van der Waals surface area (Å²) >= 11 is 0. The lowest BCUT2D eigenvalue weighted by Crippen LogP contribution is -2.39. The Labute approximate surface area is 109 Å². The molecule has 0 unspecified atom stereocenters. The second-order valence-corrected chi connectivity index (χ2v) is 3.97. The van der Waals surface area contributed by atoms with Crippen molar-refractivity contribution in [2.75, 3.05) is 6.61 Å². The van der Waals surface area contributed by atoms with E-state index in [0.29, 0.717) is 12.4 Å². The number of hydrogen-bond acceptors (Lipinski definition) is 4. The quantitative estimate of drug-likeness (QED) is 0.773. The summed E-state index contributed by atoms with van der Waals surface area (Å²) < 4.78 is 10.5. The molecule has 102 valence electrons. The average Bonchev–Trinajstić information content (AvgIpc) is 2.35. The van der Waals surface area contributed by atoms with Gasteiger partial charge in [0.05, 0.1) is 12.8 Å². The van der Waals surface area contributed by atoms with Crippen molar-refractivity contribution < 1.29 is 14.3 Å². The monoisotopic (exact) mass is 253 g/mol. The van der Waals surface area contributed by atoms with Crippen molar-refractivity contribution in [2.45, 2.75) is 47.1 Å². The van der Waals surface area contributed by atoms with Gasteiger partial charge >= 0.3 is 5.97 Å². The number of esters is 1. The molecule has 4 nitrogen and oxygen atoms in total. The van der Waals surface area contributed by atoms with Gasteiger partial charge in [0.1, 0.15) is 5.75 Å². The smallest absolute Gasteiger partial charge is 0.349 e. The van der Waals surface area contributed by atoms with Crippen LogP contribution in [-0.2, 0) is 9.53 Å². The van der Waals surface area contributed by atoms with Crippen molar-refractivity contribution in [2.24, 2.45) is 0 Å². The lowest BCUT2D eigenvalue weighted by molar-refractivity contribution is -0.158. The second-order valence-electron chi connectivity index (χ2n) is 3.97. The van der Waals surface area contributed by atoms with Gasteiger partial charge in [0.25, 0.3) is 0 Å². The molecule has 1 heterocycles. The Hall–Kier alpha value is -1.58. The second kappa shape index (κ2) is 7.69. The molecule has 0 saturated heterocycles. The van der Waals surface area contributed by atoms with E-state index in [2.05, 4.69) is 4.98 Å². The fourth-order valence-electron chi connectivity index (χ4n) is 1.16. The van der Waals surface area contributed by atoms with Gasteiger partial charge in [0, 0.05) is 5.69 Å². The van der Waals surface area contributed by atoms with Gasteiger partial charge in [-0.1, -0.05) is 13.8 Å². The van der Waals surface area contributed by atoms with E-state index in [1.54, 1.807) is 33.0 Å². The zero-order valence-corrected chi connectivity index (χ0v) is 12.1. The first-order valence-corrected chi connectivity index (χ1v) is 6.24. The Bertz CT molecular complexity index is 358. The van der Waals surface area contributed by atoms with E-state index in [-0.39, 0.29) is 5.97 Å². The molecule has 0 aromatic carbocycles. The standard InChI is InChI=1S/C12H17NO3.C2H6/c1-5-15-11(14)12(3,4)16-10-7-6-9(2)13-8-10;1-2/h6-8H,5H2,1-4H3;1-2H3. The highest BCUT2D eigenvalue weighted by Gasteiger charge is 2.31. The van der Waals surface area contributed by atoms with Crippen molar-refractivity contribution in [1.29, 1.82) is 0 Å². The lowest BCUT2D eigenvalue weighted by atomic mass is 10.1. The third-order valence-electron chi connectivity index (χ3n) is 2.02. The van der Waals surface area contributed by atoms with Gasteiger partial charge in [0.15, 0.2) is 5.60 Å². The predicted octanol–water partition coefficient (Wildman–Crippen LogP) is 3.14. The number of rotatable bonds is 4. The van der Waals surface area contributed by atoms with E-state index in [4.69, 9.17) is 9.47 Å². The molecule has 0 N–H and O–H groups in total. The summed E-state index contributed by atoms with van der Waals surface area (Å²) in [7, 11) is 0. The summed E-state index contributed by atoms with van der Waals surface area (Å²) in [6.45, 7) is 11.3. The zero-order valence-electron chi connectivity index (χ0n) is 12.1. The minimum absolute atomic E-state index is 0.345. The van der Waals surface area contributed by atoms with Crippen LogP contribution in [0.25, 0.3) is 0 Å². The fourth-order valence-corrected chi connectivity index (χ4v) is 1.16. The zero-order chi connectivity index (χ0) is 14.2. The minimum atomic E-state index is -0.993. The normalized spacial score (nSPS) is 10.1. The van der Waals surface area contributed by atoms with Gasteiger partial charge in [-0.3, -0.25) is 4.98 Å².